The first-order chi connectivity index (χ1) is 12.0. The van der Waals surface area contributed by atoms with Crippen molar-refractivity contribution in [3.63, 3.8) is 0 Å². The standard InChI is InChI=1S/C16H24N6O3/c1-11-8-15(20-25-11)18-16(23)4-5-21-6-7-24-14(9-21)10-22-13(3)17-12(2)19-22/h8,14H,4-7,9-10H2,1-3H3,(H,18,20,23)/t14-/m0/s1. The summed E-state index contributed by atoms with van der Waals surface area (Å²) in [6.45, 7) is 9.21. The molecule has 3 rings (SSSR count). The van der Waals surface area contributed by atoms with Crippen LogP contribution in [0.5, 0.6) is 0 Å². The lowest BCUT2D eigenvalue weighted by atomic mass is 10.2. The second-order valence-electron chi connectivity index (χ2n) is 6.30. The van der Waals surface area contributed by atoms with E-state index < -0.39 is 0 Å². The van der Waals surface area contributed by atoms with E-state index in [2.05, 4.69) is 25.5 Å². The van der Waals surface area contributed by atoms with Gasteiger partial charge in [0, 0.05) is 32.1 Å². The Hall–Kier alpha value is -2.26. The van der Waals surface area contributed by atoms with Crippen molar-refractivity contribution in [3.05, 3.63) is 23.5 Å². The summed E-state index contributed by atoms with van der Waals surface area (Å²) in [5, 5.41) is 10.9. The predicted octanol–water partition coefficient (Wildman–Crippen LogP) is 0.921. The molecular formula is C16H24N6O3. The van der Waals surface area contributed by atoms with Crippen LogP contribution in [0.3, 0.4) is 0 Å². The van der Waals surface area contributed by atoms with E-state index in [0.29, 0.717) is 37.7 Å². The van der Waals surface area contributed by atoms with Crippen LogP contribution >= 0.6 is 0 Å². The van der Waals surface area contributed by atoms with Crippen LogP contribution in [0.4, 0.5) is 5.82 Å². The van der Waals surface area contributed by atoms with Crippen LogP contribution in [0, 0.1) is 20.8 Å². The average molecular weight is 348 g/mol. The molecule has 0 aromatic carbocycles. The van der Waals surface area contributed by atoms with Crippen molar-refractivity contribution in [2.75, 3.05) is 31.6 Å². The lowest BCUT2D eigenvalue weighted by molar-refractivity contribution is -0.117. The summed E-state index contributed by atoms with van der Waals surface area (Å²) in [6.07, 6.45) is 0.454. The number of anilines is 1. The fourth-order valence-electron chi connectivity index (χ4n) is 2.91. The number of morpholine rings is 1. The van der Waals surface area contributed by atoms with Gasteiger partial charge in [0.1, 0.15) is 17.4 Å². The van der Waals surface area contributed by atoms with Crippen LogP contribution in [0.1, 0.15) is 23.8 Å². The summed E-state index contributed by atoms with van der Waals surface area (Å²) < 4.78 is 12.6. The zero-order valence-corrected chi connectivity index (χ0v) is 14.9. The molecule has 0 unspecified atom stereocenters. The molecule has 1 saturated heterocycles. The molecule has 1 N–H and O–H groups in total. The largest absolute Gasteiger partial charge is 0.374 e. The number of ether oxygens (including phenoxy) is 1. The maximum Gasteiger partial charge on any atom is 0.226 e. The van der Waals surface area contributed by atoms with Crippen molar-refractivity contribution in [1.29, 1.82) is 0 Å². The Kier molecular flexibility index (Phi) is 5.44. The van der Waals surface area contributed by atoms with E-state index in [1.807, 2.05) is 18.5 Å². The molecule has 0 saturated carbocycles. The van der Waals surface area contributed by atoms with Crippen LogP contribution in [0.15, 0.2) is 10.6 Å². The van der Waals surface area contributed by atoms with E-state index in [9.17, 15) is 4.79 Å². The molecular weight excluding hydrogens is 324 g/mol. The summed E-state index contributed by atoms with van der Waals surface area (Å²) in [5.74, 6) is 2.72. The predicted molar refractivity (Wildman–Crippen MR) is 90.2 cm³/mol. The normalized spacial score (nSPS) is 18.4. The topological polar surface area (TPSA) is 98.3 Å². The Labute approximate surface area is 146 Å². The summed E-state index contributed by atoms with van der Waals surface area (Å²) in [6, 6.07) is 1.70. The first kappa shape index (κ1) is 17.6. The highest BCUT2D eigenvalue weighted by atomic mass is 16.5. The summed E-state index contributed by atoms with van der Waals surface area (Å²) in [5.41, 5.74) is 0. The molecule has 0 bridgehead atoms. The molecule has 2 aromatic heterocycles. The van der Waals surface area contributed by atoms with Crippen LogP contribution < -0.4 is 5.32 Å². The number of nitrogens with zero attached hydrogens (tertiary/aromatic N) is 5. The highest BCUT2D eigenvalue weighted by molar-refractivity contribution is 5.89. The summed E-state index contributed by atoms with van der Waals surface area (Å²) in [4.78, 5) is 18.6. The van der Waals surface area contributed by atoms with Gasteiger partial charge in [-0.25, -0.2) is 9.67 Å². The number of nitrogens with one attached hydrogen (secondary N) is 1. The molecule has 2 aromatic rings. The number of amides is 1. The molecule has 25 heavy (non-hydrogen) atoms. The monoisotopic (exact) mass is 348 g/mol. The lowest BCUT2D eigenvalue weighted by Crippen LogP contribution is -2.45. The molecule has 1 aliphatic rings. The van der Waals surface area contributed by atoms with E-state index in [-0.39, 0.29) is 12.0 Å². The summed E-state index contributed by atoms with van der Waals surface area (Å²) >= 11 is 0. The SMILES string of the molecule is Cc1nc(C)n(C[C@@H]2CN(CCC(=O)Nc3cc(C)on3)CCO2)n1. The van der Waals surface area contributed by atoms with Crippen molar-refractivity contribution < 1.29 is 14.1 Å². The van der Waals surface area contributed by atoms with Crippen molar-refractivity contribution in [2.24, 2.45) is 0 Å². The van der Waals surface area contributed by atoms with Gasteiger partial charge < -0.3 is 14.6 Å². The van der Waals surface area contributed by atoms with Gasteiger partial charge in [-0.3, -0.25) is 9.69 Å². The van der Waals surface area contributed by atoms with Gasteiger partial charge in [-0.2, -0.15) is 5.10 Å². The quantitative estimate of drug-likeness (QED) is 0.829. The first-order valence-corrected chi connectivity index (χ1v) is 8.45. The maximum absolute atomic E-state index is 12.0. The van der Waals surface area contributed by atoms with Crippen LogP contribution in [-0.4, -0.2) is 63.1 Å². The summed E-state index contributed by atoms with van der Waals surface area (Å²) in [7, 11) is 0. The van der Waals surface area contributed by atoms with Gasteiger partial charge in [-0.1, -0.05) is 5.16 Å². The fourth-order valence-corrected chi connectivity index (χ4v) is 2.91. The molecule has 0 aliphatic carbocycles. The second-order valence-corrected chi connectivity index (χ2v) is 6.30. The van der Waals surface area contributed by atoms with Crippen molar-refractivity contribution in [1.82, 2.24) is 24.8 Å². The molecule has 9 heteroatoms. The molecule has 1 amide bonds. The van der Waals surface area contributed by atoms with Crippen LogP contribution in [0.2, 0.25) is 0 Å². The number of carbonyl (C=O) groups is 1. The zero-order valence-electron chi connectivity index (χ0n) is 14.9. The number of aromatic nitrogens is 4. The van der Waals surface area contributed by atoms with Gasteiger partial charge in [0.05, 0.1) is 19.3 Å². The zero-order chi connectivity index (χ0) is 17.8. The van der Waals surface area contributed by atoms with E-state index in [1.54, 1.807) is 13.0 Å². The van der Waals surface area contributed by atoms with Crippen LogP contribution in [0.25, 0.3) is 0 Å². The number of rotatable bonds is 6. The van der Waals surface area contributed by atoms with Gasteiger partial charge in [-0.05, 0) is 20.8 Å². The highest BCUT2D eigenvalue weighted by Gasteiger charge is 2.22. The lowest BCUT2D eigenvalue weighted by Gasteiger charge is -2.32. The van der Waals surface area contributed by atoms with E-state index in [0.717, 1.165) is 24.7 Å². The highest BCUT2D eigenvalue weighted by Crippen LogP contribution is 2.11. The third-order valence-electron chi connectivity index (χ3n) is 4.11. The third kappa shape index (κ3) is 4.86. The van der Waals surface area contributed by atoms with Crippen molar-refractivity contribution >= 4 is 11.7 Å². The Morgan fingerprint density at radius 1 is 1.40 bits per heavy atom. The number of hydrogen-bond donors (Lipinski definition) is 1. The molecule has 0 radical (unpaired) electrons. The first-order valence-electron chi connectivity index (χ1n) is 8.45. The van der Waals surface area contributed by atoms with Crippen molar-refractivity contribution in [2.45, 2.75) is 39.8 Å². The Balaban J connectivity index is 1.45. The molecule has 1 atom stereocenters. The van der Waals surface area contributed by atoms with Crippen LogP contribution in [-0.2, 0) is 16.1 Å². The average Bonchev–Trinajstić information content (AvgIpc) is 3.11. The maximum atomic E-state index is 12.0. The second kappa shape index (κ2) is 7.75. The Bertz CT molecular complexity index is 725. The van der Waals surface area contributed by atoms with Gasteiger partial charge >= 0.3 is 0 Å². The number of hydrogen-bond acceptors (Lipinski definition) is 7. The Morgan fingerprint density at radius 3 is 2.92 bits per heavy atom. The Morgan fingerprint density at radius 2 is 2.24 bits per heavy atom. The van der Waals surface area contributed by atoms with Crippen molar-refractivity contribution in [3.8, 4) is 0 Å². The van der Waals surface area contributed by atoms with Gasteiger partial charge in [-0.15, -0.1) is 0 Å². The van der Waals surface area contributed by atoms with Gasteiger partial charge in [0.25, 0.3) is 0 Å². The number of aryl methyl sites for hydroxylation is 3. The van der Waals surface area contributed by atoms with E-state index >= 15 is 0 Å². The molecule has 1 aliphatic heterocycles. The third-order valence-corrected chi connectivity index (χ3v) is 4.11. The van der Waals surface area contributed by atoms with Gasteiger partial charge in [0.2, 0.25) is 5.91 Å². The molecule has 9 nitrogen and oxygen atoms in total. The number of carbonyl (C=O) groups excluding carboxylic acids is 1. The molecule has 0 spiro atoms. The molecule has 1 fully saturated rings. The minimum atomic E-state index is -0.0703. The minimum absolute atomic E-state index is 0.0507. The molecule has 3 heterocycles. The molecule has 136 valence electrons. The fraction of sp³-hybridized carbons (Fsp3) is 0.625. The smallest absolute Gasteiger partial charge is 0.226 e. The van der Waals surface area contributed by atoms with E-state index in [1.165, 1.54) is 0 Å². The van der Waals surface area contributed by atoms with E-state index in [4.69, 9.17) is 9.26 Å². The van der Waals surface area contributed by atoms with Gasteiger partial charge in [0.15, 0.2) is 5.82 Å². The minimum Gasteiger partial charge on any atom is -0.374 e.